The van der Waals surface area contributed by atoms with Gasteiger partial charge in [0.25, 0.3) is 0 Å². The van der Waals surface area contributed by atoms with Gasteiger partial charge in [-0.1, -0.05) is 0 Å². The Kier molecular flexibility index (Phi) is 10.0. The third-order valence-electron chi connectivity index (χ3n) is 2.90. The first-order chi connectivity index (χ1) is 8.92. The third-order valence-corrected chi connectivity index (χ3v) is 3.79. The van der Waals surface area contributed by atoms with Crippen molar-refractivity contribution in [1.29, 1.82) is 0 Å². The van der Waals surface area contributed by atoms with Crippen LogP contribution in [0.25, 0.3) is 10.8 Å². The molecule has 1 fully saturated rings. The van der Waals surface area contributed by atoms with E-state index in [-0.39, 0.29) is 37.2 Å². The highest BCUT2D eigenvalue weighted by molar-refractivity contribution is 7.13. The van der Waals surface area contributed by atoms with Gasteiger partial charge in [0.05, 0.1) is 5.69 Å². The van der Waals surface area contributed by atoms with Crippen LogP contribution in [0.4, 0.5) is 0 Å². The standard InChI is InChI=1S/C12H15N5S.3ClH/c1-2-14-11(15-3-1)12-16-10(9-18-12)8-17-6-4-13-5-7-17;;;/h1-3,9,13H,4-8H2;3*1H. The number of halogens is 3. The number of nitrogens with one attached hydrogen (secondary N) is 1. The second-order valence-corrected chi connectivity index (χ2v) is 5.10. The summed E-state index contributed by atoms with van der Waals surface area (Å²) in [5.41, 5.74) is 1.12. The summed E-state index contributed by atoms with van der Waals surface area (Å²) in [6, 6.07) is 1.82. The van der Waals surface area contributed by atoms with Gasteiger partial charge < -0.3 is 5.32 Å². The summed E-state index contributed by atoms with van der Waals surface area (Å²) in [5.74, 6) is 0.717. The van der Waals surface area contributed by atoms with E-state index in [0.29, 0.717) is 5.82 Å². The summed E-state index contributed by atoms with van der Waals surface area (Å²) in [6.45, 7) is 5.24. The molecule has 1 N–H and O–H groups in total. The van der Waals surface area contributed by atoms with Crippen molar-refractivity contribution in [2.75, 3.05) is 26.2 Å². The normalized spacial score (nSPS) is 14.5. The van der Waals surface area contributed by atoms with Crippen molar-refractivity contribution in [1.82, 2.24) is 25.2 Å². The molecule has 2 aromatic heterocycles. The Morgan fingerprint density at radius 2 is 1.76 bits per heavy atom. The van der Waals surface area contributed by atoms with E-state index in [4.69, 9.17) is 0 Å². The average molecular weight is 371 g/mol. The molecule has 0 spiro atoms. The molecule has 0 bridgehead atoms. The Balaban J connectivity index is 0.00000133. The molecule has 1 aliphatic rings. The molecular formula is C12H18Cl3N5S. The van der Waals surface area contributed by atoms with Crippen molar-refractivity contribution < 1.29 is 0 Å². The lowest BCUT2D eigenvalue weighted by atomic mass is 10.3. The fourth-order valence-corrected chi connectivity index (χ4v) is 2.75. The Bertz CT molecular complexity index is 505. The van der Waals surface area contributed by atoms with Gasteiger partial charge in [0.15, 0.2) is 10.8 Å². The van der Waals surface area contributed by atoms with Crippen LogP contribution in [0.5, 0.6) is 0 Å². The lowest BCUT2D eigenvalue weighted by molar-refractivity contribution is 0.231. The van der Waals surface area contributed by atoms with Crippen molar-refractivity contribution in [3.8, 4) is 10.8 Å². The van der Waals surface area contributed by atoms with Gasteiger partial charge in [0.1, 0.15) is 0 Å². The van der Waals surface area contributed by atoms with E-state index in [1.807, 2.05) is 6.07 Å². The number of hydrogen-bond acceptors (Lipinski definition) is 6. The smallest absolute Gasteiger partial charge is 0.188 e. The van der Waals surface area contributed by atoms with Gasteiger partial charge in [-0.2, -0.15) is 0 Å². The van der Waals surface area contributed by atoms with E-state index in [1.165, 1.54) is 0 Å². The van der Waals surface area contributed by atoms with Crippen LogP contribution in [-0.2, 0) is 6.54 Å². The van der Waals surface area contributed by atoms with Crippen molar-refractivity contribution >= 4 is 48.6 Å². The average Bonchev–Trinajstić information content (AvgIpc) is 2.89. The highest BCUT2D eigenvalue weighted by atomic mass is 35.5. The maximum Gasteiger partial charge on any atom is 0.188 e. The molecule has 0 radical (unpaired) electrons. The van der Waals surface area contributed by atoms with Gasteiger partial charge in [0.2, 0.25) is 0 Å². The predicted molar refractivity (Wildman–Crippen MR) is 93.0 cm³/mol. The molecule has 3 heterocycles. The van der Waals surface area contributed by atoms with Gasteiger partial charge in [-0.15, -0.1) is 48.6 Å². The van der Waals surface area contributed by atoms with Crippen LogP contribution in [-0.4, -0.2) is 46.0 Å². The molecule has 5 nitrogen and oxygen atoms in total. The largest absolute Gasteiger partial charge is 0.314 e. The molecule has 9 heteroatoms. The Hall–Kier alpha value is -0.500. The highest BCUT2D eigenvalue weighted by Crippen LogP contribution is 2.20. The maximum absolute atomic E-state index is 4.61. The Morgan fingerprint density at radius 3 is 2.43 bits per heavy atom. The summed E-state index contributed by atoms with van der Waals surface area (Å²) in [5, 5.41) is 6.36. The Morgan fingerprint density at radius 1 is 1.10 bits per heavy atom. The first-order valence-corrected chi connectivity index (χ1v) is 6.94. The van der Waals surface area contributed by atoms with Gasteiger partial charge in [-0.25, -0.2) is 15.0 Å². The molecule has 21 heavy (non-hydrogen) atoms. The Labute approximate surface area is 146 Å². The van der Waals surface area contributed by atoms with E-state index in [9.17, 15) is 0 Å². The number of nitrogens with zero attached hydrogens (tertiary/aromatic N) is 4. The topological polar surface area (TPSA) is 53.9 Å². The van der Waals surface area contributed by atoms with E-state index in [0.717, 1.165) is 43.4 Å². The van der Waals surface area contributed by atoms with Crippen LogP contribution in [0.3, 0.4) is 0 Å². The van der Waals surface area contributed by atoms with Crippen LogP contribution in [0, 0.1) is 0 Å². The summed E-state index contributed by atoms with van der Waals surface area (Å²) in [6.07, 6.45) is 3.50. The molecule has 0 aliphatic carbocycles. The lowest BCUT2D eigenvalue weighted by Gasteiger charge is -2.26. The maximum atomic E-state index is 4.61. The molecule has 1 aliphatic heterocycles. The number of piperazine rings is 1. The number of rotatable bonds is 3. The number of aromatic nitrogens is 3. The first-order valence-electron chi connectivity index (χ1n) is 6.07. The second-order valence-electron chi connectivity index (χ2n) is 4.24. The molecule has 0 amide bonds. The zero-order chi connectivity index (χ0) is 12.2. The fourth-order valence-electron chi connectivity index (χ4n) is 1.99. The van der Waals surface area contributed by atoms with E-state index < -0.39 is 0 Å². The zero-order valence-corrected chi connectivity index (χ0v) is 14.5. The summed E-state index contributed by atoms with van der Waals surface area (Å²) in [7, 11) is 0. The first kappa shape index (κ1) is 20.5. The molecule has 118 valence electrons. The van der Waals surface area contributed by atoms with Crippen molar-refractivity contribution in [2.24, 2.45) is 0 Å². The van der Waals surface area contributed by atoms with Crippen molar-refractivity contribution in [2.45, 2.75) is 6.54 Å². The molecular weight excluding hydrogens is 353 g/mol. The molecule has 0 aromatic carbocycles. The number of hydrogen-bond donors (Lipinski definition) is 1. The highest BCUT2D eigenvalue weighted by Gasteiger charge is 2.13. The van der Waals surface area contributed by atoms with Gasteiger partial charge >= 0.3 is 0 Å². The van der Waals surface area contributed by atoms with E-state index in [1.54, 1.807) is 23.7 Å². The van der Waals surface area contributed by atoms with Crippen LogP contribution in [0.1, 0.15) is 5.69 Å². The van der Waals surface area contributed by atoms with Crippen LogP contribution < -0.4 is 5.32 Å². The molecule has 2 aromatic rings. The van der Waals surface area contributed by atoms with Gasteiger partial charge in [-0.05, 0) is 6.07 Å². The zero-order valence-electron chi connectivity index (χ0n) is 11.3. The van der Waals surface area contributed by atoms with Gasteiger partial charge in [0, 0.05) is 50.5 Å². The summed E-state index contributed by atoms with van der Waals surface area (Å²) < 4.78 is 0. The van der Waals surface area contributed by atoms with Gasteiger partial charge in [-0.3, -0.25) is 4.90 Å². The quantitative estimate of drug-likeness (QED) is 0.898. The summed E-state index contributed by atoms with van der Waals surface area (Å²) in [4.78, 5) is 15.5. The van der Waals surface area contributed by atoms with E-state index in [2.05, 4.69) is 30.5 Å². The van der Waals surface area contributed by atoms with Crippen molar-refractivity contribution in [3.63, 3.8) is 0 Å². The fraction of sp³-hybridized carbons (Fsp3) is 0.417. The van der Waals surface area contributed by atoms with Crippen LogP contribution in [0.15, 0.2) is 23.8 Å². The summed E-state index contributed by atoms with van der Waals surface area (Å²) >= 11 is 1.61. The molecule has 1 saturated heterocycles. The van der Waals surface area contributed by atoms with E-state index >= 15 is 0 Å². The predicted octanol–water partition coefficient (Wildman–Crippen LogP) is 2.27. The molecule has 0 atom stereocenters. The minimum absolute atomic E-state index is 0. The van der Waals surface area contributed by atoms with Crippen LogP contribution >= 0.6 is 48.6 Å². The molecule has 0 saturated carbocycles. The number of thiazole rings is 1. The molecule has 0 unspecified atom stereocenters. The monoisotopic (exact) mass is 369 g/mol. The minimum atomic E-state index is 0. The second kappa shape index (κ2) is 10.3. The SMILES string of the molecule is Cl.Cl.Cl.c1cnc(-c2nc(CN3CCNCC3)cs2)nc1. The minimum Gasteiger partial charge on any atom is -0.314 e. The third kappa shape index (κ3) is 5.65. The van der Waals surface area contributed by atoms with Crippen molar-refractivity contribution in [3.05, 3.63) is 29.5 Å². The lowest BCUT2D eigenvalue weighted by Crippen LogP contribution is -2.42. The van der Waals surface area contributed by atoms with Crippen LogP contribution in [0.2, 0.25) is 0 Å². The molecule has 3 rings (SSSR count).